The Morgan fingerprint density at radius 2 is 2.00 bits per heavy atom. The standard InChI is InChI=1S/C14H14FN3O2S/c1-9-17-12(8-21-9)14(20)18(7-6-13(16)19)11-4-2-10(15)3-5-11/h2-5,8H,6-7H2,1H3,(H2,16,19). The first-order chi connectivity index (χ1) is 9.97. The molecule has 0 aliphatic rings. The Morgan fingerprint density at radius 1 is 1.33 bits per heavy atom. The summed E-state index contributed by atoms with van der Waals surface area (Å²) in [5.74, 6) is -1.25. The molecule has 0 radical (unpaired) electrons. The molecular formula is C14H14FN3O2S. The number of carbonyl (C=O) groups excluding carboxylic acids is 2. The summed E-state index contributed by atoms with van der Waals surface area (Å²) in [4.78, 5) is 29.0. The van der Waals surface area contributed by atoms with Gasteiger partial charge in [0.25, 0.3) is 5.91 Å². The van der Waals surface area contributed by atoms with Gasteiger partial charge in [-0.2, -0.15) is 0 Å². The molecule has 0 bridgehead atoms. The highest BCUT2D eigenvalue weighted by molar-refractivity contribution is 7.09. The number of hydrogen-bond acceptors (Lipinski definition) is 4. The minimum Gasteiger partial charge on any atom is -0.370 e. The van der Waals surface area contributed by atoms with Gasteiger partial charge >= 0.3 is 0 Å². The molecule has 2 rings (SSSR count). The number of nitrogens with two attached hydrogens (primary N) is 1. The van der Waals surface area contributed by atoms with Gasteiger partial charge in [0.1, 0.15) is 11.5 Å². The van der Waals surface area contributed by atoms with E-state index in [4.69, 9.17) is 5.73 Å². The average molecular weight is 307 g/mol. The van der Waals surface area contributed by atoms with Crippen LogP contribution in [-0.2, 0) is 4.79 Å². The number of aryl methyl sites for hydroxylation is 1. The second kappa shape index (κ2) is 6.45. The van der Waals surface area contributed by atoms with E-state index in [0.717, 1.165) is 5.01 Å². The second-order valence-corrected chi connectivity index (χ2v) is 5.46. The van der Waals surface area contributed by atoms with Crippen molar-refractivity contribution < 1.29 is 14.0 Å². The summed E-state index contributed by atoms with van der Waals surface area (Å²) in [6.07, 6.45) is 0.0201. The Hall–Kier alpha value is -2.28. The normalized spacial score (nSPS) is 10.4. The maximum absolute atomic E-state index is 13.0. The highest BCUT2D eigenvalue weighted by Crippen LogP contribution is 2.19. The number of nitrogens with zero attached hydrogens (tertiary/aromatic N) is 2. The maximum Gasteiger partial charge on any atom is 0.277 e. The molecule has 0 atom stereocenters. The number of rotatable bonds is 5. The molecule has 2 aromatic rings. The predicted molar refractivity (Wildman–Crippen MR) is 78.7 cm³/mol. The molecule has 0 saturated carbocycles. The SMILES string of the molecule is Cc1nc(C(=O)N(CCC(N)=O)c2ccc(F)cc2)cs1. The van der Waals surface area contributed by atoms with E-state index in [0.29, 0.717) is 11.4 Å². The number of hydrogen-bond donors (Lipinski definition) is 1. The number of primary amides is 1. The van der Waals surface area contributed by atoms with Crippen LogP contribution in [0.1, 0.15) is 21.9 Å². The van der Waals surface area contributed by atoms with Gasteiger partial charge in [-0.3, -0.25) is 9.59 Å². The number of amides is 2. The van der Waals surface area contributed by atoms with Crippen LogP contribution in [0, 0.1) is 12.7 Å². The molecule has 0 saturated heterocycles. The first-order valence-corrected chi connectivity index (χ1v) is 7.13. The van der Waals surface area contributed by atoms with Crippen LogP contribution in [0.2, 0.25) is 0 Å². The molecule has 0 unspecified atom stereocenters. The third kappa shape index (κ3) is 3.85. The van der Waals surface area contributed by atoms with Crippen molar-refractivity contribution in [2.24, 2.45) is 5.73 Å². The number of carbonyl (C=O) groups is 2. The van der Waals surface area contributed by atoms with Crippen molar-refractivity contribution >= 4 is 28.8 Å². The van der Waals surface area contributed by atoms with E-state index in [1.54, 1.807) is 12.3 Å². The Bertz CT molecular complexity index is 654. The lowest BCUT2D eigenvalue weighted by Gasteiger charge is -2.21. The van der Waals surface area contributed by atoms with Gasteiger partial charge in [0, 0.05) is 24.0 Å². The fraction of sp³-hybridized carbons (Fsp3) is 0.214. The van der Waals surface area contributed by atoms with E-state index in [2.05, 4.69) is 4.98 Å². The van der Waals surface area contributed by atoms with E-state index in [-0.39, 0.29) is 18.9 Å². The molecule has 1 heterocycles. The summed E-state index contributed by atoms with van der Waals surface area (Å²) < 4.78 is 13.0. The average Bonchev–Trinajstić information content (AvgIpc) is 2.87. The van der Waals surface area contributed by atoms with Crippen LogP contribution >= 0.6 is 11.3 Å². The topological polar surface area (TPSA) is 76.3 Å². The van der Waals surface area contributed by atoms with Crippen LogP contribution in [0.3, 0.4) is 0 Å². The molecule has 7 heteroatoms. The summed E-state index contributed by atoms with van der Waals surface area (Å²) in [5.41, 5.74) is 5.93. The molecule has 0 spiro atoms. The van der Waals surface area contributed by atoms with Gasteiger partial charge in [-0.05, 0) is 31.2 Å². The molecule has 0 fully saturated rings. The molecule has 1 aromatic carbocycles. The quantitative estimate of drug-likeness (QED) is 0.919. The van der Waals surface area contributed by atoms with Gasteiger partial charge in [-0.1, -0.05) is 0 Å². The number of aromatic nitrogens is 1. The zero-order valence-corrected chi connectivity index (χ0v) is 12.2. The van der Waals surface area contributed by atoms with E-state index in [1.807, 2.05) is 0 Å². The van der Waals surface area contributed by atoms with Crippen LogP contribution < -0.4 is 10.6 Å². The lowest BCUT2D eigenvalue weighted by molar-refractivity contribution is -0.117. The van der Waals surface area contributed by atoms with Crippen molar-refractivity contribution in [1.29, 1.82) is 0 Å². The van der Waals surface area contributed by atoms with E-state index >= 15 is 0 Å². The number of benzene rings is 1. The Morgan fingerprint density at radius 3 is 2.52 bits per heavy atom. The number of halogens is 1. The molecule has 2 N–H and O–H groups in total. The van der Waals surface area contributed by atoms with Crippen LogP contribution in [0.25, 0.3) is 0 Å². The molecule has 0 aliphatic heterocycles. The van der Waals surface area contributed by atoms with Gasteiger partial charge in [0.15, 0.2) is 0 Å². The molecule has 5 nitrogen and oxygen atoms in total. The van der Waals surface area contributed by atoms with Crippen molar-refractivity contribution in [2.75, 3.05) is 11.4 Å². The van der Waals surface area contributed by atoms with Gasteiger partial charge in [-0.25, -0.2) is 9.37 Å². The molecule has 21 heavy (non-hydrogen) atoms. The Kier molecular flexibility index (Phi) is 4.64. The molecule has 0 aliphatic carbocycles. The summed E-state index contributed by atoms with van der Waals surface area (Å²) in [7, 11) is 0. The van der Waals surface area contributed by atoms with Crippen molar-refractivity contribution in [3.8, 4) is 0 Å². The maximum atomic E-state index is 13.0. The number of anilines is 1. The van der Waals surface area contributed by atoms with Crippen LogP contribution in [0.15, 0.2) is 29.6 Å². The highest BCUT2D eigenvalue weighted by atomic mass is 32.1. The zero-order valence-electron chi connectivity index (χ0n) is 11.4. The fourth-order valence-electron chi connectivity index (χ4n) is 1.79. The lowest BCUT2D eigenvalue weighted by Crippen LogP contribution is -2.34. The van der Waals surface area contributed by atoms with Gasteiger partial charge in [0.05, 0.1) is 5.01 Å². The van der Waals surface area contributed by atoms with E-state index in [9.17, 15) is 14.0 Å². The van der Waals surface area contributed by atoms with Crippen molar-refractivity contribution in [3.05, 3.63) is 46.2 Å². The van der Waals surface area contributed by atoms with E-state index < -0.39 is 11.7 Å². The summed E-state index contributed by atoms with van der Waals surface area (Å²) in [6.45, 7) is 1.92. The summed E-state index contributed by atoms with van der Waals surface area (Å²) >= 11 is 1.36. The largest absolute Gasteiger partial charge is 0.370 e. The number of thiazole rings is 1. The van der Waals surface area contributed by atoms with Crippen LogP contribution in [-0.4, -0.2) is 23.3 Å². The van der Waals surface area contributed by atoms with Crippen molar-refractivity contribution in [1.82, 2.24) is 4.98 Å². The molecule has 2 amide bonds. The van der Waals surface area contributed by atoms with Crippen molar-refractivity contribution in [2.45, 2.75) is 13.3 Å². The smallest absolute Gasteiger partial charge is 0.277 e. The van der Waals surface area contributed by atoms with E-state index in [1.165, 1.54) is 40.5 Å². The molecule has 1 aromatic heterocycles. The first-order valence-electron chi connectivity index (χ1n) is 6.25. The predicted octanol–water partition coefficient (Wildman–Crippen LogP) is 2.11. The monoisotopic (exact) mass is 307 g/mol. The Balaban J connectivity index is 2.28. The fourth-order valence-corrected chi connectivity index (χ4v) is 2.38. The van der Waals surface area contributed by atoms with Gasteiger partial charge in [-0.15, -0.1) is 11.3 Å². The van der Waals surface area contributed by atoms with Crippen LogP contribution in [0.4, 0.5) is 10.1 Å². The molecular weight excluding hydrogens is 293 g/mol. The third-order valence-corrected chi connectivity index (χ3v) is 3.58. The minimum atomic E-state index is -0.510. The van der Waals surface area contributed by atoms with Crippen molar-refractivity contribution in [3.63, 3.8) is 0 Å². The zero-order chi connectivity index (χ0) is 15.4. The Labute approximate surface area is 125 Å². The molecule has 110 valence electrons. The van der Waals surface area contributed by atoms with Crippen LogP contribution in [0.5, 0.6) is 0 Å². The summed E-state index contributed by atoms with van der Waals surface area (Å²) in [5, 5.41) is 2.42. The first kappa shape index (κ1) is 15.1. The third-order valence-electron chi connectivity index (χ3n) is 2.80. The second-order valence-electron chi connectivity index (χ2n) is 4.40. The van der Waals surface area contributed by atoms with Gasteiger partial charge in [0.2, 0.25) is 5.91 Å². The highest BCUT2D eigenvalue weighted by Gasteiger charge is 2.20. The minimum absolute atomic E-state index is 0.0201. The van der Waals surface area contributed by atoms with Gasteiger partial charge < -0.3 is 10.6 Å². The summed E-state index contributed by atoms with van der Waals surface area (Å²) in [6, 6.07) is 5.47. The lowest BCUT2D eigenvalue weighted by atomic mass is 10.2.